The number of nitrogens with one attached hydrogen (secondary N) is 2. The van der Waals surface area contributed by atoms with Gasteiger partial charge in [0.25, 0.3) is 0 Å². The van der Waals surface area contributed by atoms with E-state index in [0.717, 1.165) is 14.8 Å². The number of aryl methyl sites for hydroxylation is 1. The van der Waals surface area contributed by atoms with Gasteiger partial charge in [0.2, 0.25) is 0 Å². The third-order valence-corrected chi connectivity index (χ3v) is 3.34. The molecule has 0 bridgehead atoms. The number of urea groups is 1. The van der Waals surface area contributed by atoms with Gasteiger partial charge in [0.05, 0.1) is 0 Å². The summed E-state index contributed by atoms with van der Waals surface area (Å²) in [6.45, 7) is 5.56. The van der Waals surface area contributed by atoms with Gasteiger partial charge in [-0.15, -0.1) is 0 Å². The highest BCUT2D eigenvalue weighted by Gasteiger charge is 2.21. The molecule has 0 aliphatic carbocycles. The molecule has 110 valence electrons. The zero-order valence-electron chi connectivity index (χ0n) is 11.8. The van der Waals surface area contributed by atoms with Gasteiger partial charge in [-0.3, -0.25) is 4.79 Å². The Morgan fingerprint density at radius 1 is 1.30 bits per heavy atom. The molecule has 5 nitrogen and oxygen atoms in total. The number of carboxylic acids is 1. The second kappa shape index (κ2) is 6.92. The summed E-state index contributed by atoms with van der Waals surface area (Å²) in [6.07, 6.45) is 0.400. The van der Waals surface area contributed by atoms with Crippen molar-refractivity contribution in [3.8, 4) is 0 Å². The Balaban J connectivity index is 2.60. The van der Waals surface area contributed by atoms with Gasteiger partial charge >= 0.3 is 12.0 Å². The van der Waals surface area contributed by atoms with Crippen molar-refractivity contribution < 1.29 is 14.7 Å². The lowest BCUT2D eigenvalue weighted by atomic mass is 9.99. The molecule has 20 heavy (non-hydrogen) atoms. The summed E-state index contributed by atoms with van der Waals surface area (Å²) < 4.78 is 1.04. The first-order valence-electron chi connectivity index (χ1n) is 6.26. The van der Waals surface area contributed by atoms with Gasteiger partial charge in [0.15, 0.2) is 0 Å². The fourth-order valence-electron chi connectivity index (χ4n) is 1.76. The van der Waals surface area contributed by atoms with E-state index >= 15 is 0 Å². The number of rotatable bonds is 5. The normalized spacial score (nSPS) is 11.0. The lowest BCUT2D eigenvalue weighted by molar-refractivity contribution is -0.137. The van der Waals surface area contributed by atoms with Crippen molar-refractivity contribution in [3.05, 3.63) is 27.3 Å². The minimum Gasteiger partial charge on any atom is -0.481 e. The number of carbonyl (C=O) groups is 2. The molecule has 0 saturated carbocycles. The van der Waals surface area contributed by atoms with Crippen molar-refractivity contribution in [2.75, 3.05) is 5.32 Å². The molecule has 1 aromatic carbocycles. The van der Waals surface area contributed by atoms with E-state index in [9.17, 15) is 9.59 Å². The average Bonchev–Trinajstić information content (AvgIpc) is 2.23. The molecule has 0 atom stereocenters. The van der Waals surface area contributed by atoms with E-state index < -0.39 is 11.5 Å². The van der Waals surface area contributed by atoms with E-state index in [1.807, 2.05) is 25.1 Å². The summed E-state index contributed by atoms with van der Waals surface area (Å²) in [7, 11) is 0. The molecule has 0 fully saturated rings. The van der Waals surface area contributed by atoms with Crippen LogP contribution in [0, 0.1) is 10.5 Å². The first-order valence-corrected chi connectivity index (χ1v) is 7.34. The Labute approximate surface area is 132 Å². The lowest BCUT2D eigenvalue weighted by Gasteiger charge is -2.25. The molecule has 0 aliphatic rings. The maximum atomic E-state index is 11.9. The topological polar surface area (TPSA) is 78.4 Å². The van der Waals surface area contributed by atoms with Crippen molar-refractivity contribution in [3.63, 3.8) is 0 Å². The molecule has 0 heterocycles. The summed E-state index contributed by atoms with van der Waals surface area (Å²) in [5.41, 5.74) is 1.22. The van der Waals surface area contributed by atoms with Gasteiger partial charge in [-0.05, 0) is 73.5 Å². The first-order chi connectivity index (χ1) is 9.18. The largest absolute Gasteiger partial charge is 0.481 e. The van der Waals surface area contributed by atoms with Gasteiger partial charge in [0.1, 0.15) is 0 Å². The van der Waals surface area contributed by atoms with E-state index in [-0.39, 0.29) is 12.5 Å². The van der Waals surface area contributed by atoms with Crippen molar-refractivity contribution in [1.82, 2.24) is 5.32 Å². The molecular weight excluding hydrogens is 371 g/mol. The molecule has 2 amide bonds. The van der Waals surface area contributed by atoms with Crippen LogP contribution in [0.25, 0.3) is 0 Å². The third-order valence-electron chi connectivity index (χ3n) is 2.72. The maximum absolute atomic E-state index is 11.9. The minimum atomic E-state index is -0.867. The fourth-order valence-corrected chi connectivity index (χ4v) is 2.59. The quantitative estimate of drug-likeness (QED) is 0.675. The molecule has 6 heteroatoms. The first kappa shape index (κ1) is 16.7. The van der Waals surface area contributed by atoms with Crippen LogP contribution in [0.2, 0.25) is 0 Å². The van der Waals surface area contributed by atoms with Crippen LogP contribution in [0.3, 0.4) is 0 Å². The molecule has 0 aliphatic heterocycles. The standard InChI is InChI=1S/C14H19IN2O3/c1-9-6-10(15)8-11(7-9)16-13(20)17-14(2,3)5-4-12(18)19/h6-8H,4-5H2,1-3H3,(H,18,19)(H2,16,17,20). The summed E-state index contributed by atoms with van der Waals surface area (Å²) in [5.74, 6) is -0.867. The second-order valence-corrected chi connectivity index (χ2v) is 6.62. The molecule has 3 N–H and O–H groups in total. The van der Waals surface area contributed by atoms with Crippen LogP contribution in [0.15, 0.2) is 18.2 Å². The van der Waals surface area contributed by atoms with Gasteiger partial charge < -0.3 is 15.7 Å². The maximum Gasteiger partial charge on any atom is 0.319 e. The zero-order chi connectivity index (χ0) is 15.3. The van der Waals surface area contributed by atoms with Crippen LogP contribution >= 0.6 is 22.6 Å². The van der Waals surface area contributed by atoms with Crippen LogP contribution in [0.5, 0.6) is 0 Å². The van der Waals surface area contributed by atoms with Crippen LogP contribution in [0.4, 0.5) is 10.5 Å². The SMILES string of the molecule is Cc1cc(I)cc(NC(=O)NC(C)(C)CCC(=O)O)c1. The highest BCUT2D eigenvalue weighted by atomic mass is 127. The monoisotopic (exact) mass is 390 g/mol. The minimum absolute atomic E-state index is 0.0234. The Bertz CT molecular complexity index is 495. The van der Waals surface area contributed by atoms with Crippen LogP contribution in [-0.4, -0.2) is 22.6 Å². The summed E-state index contributed by atoms with van der Waals surface area (Å²) >= 11 is 2.19. The Kier molecular flexibility index (Phi) is 5.79. The molecule has 0 unspecified atom stereocenters. The molecule has 1 aromatic rings. The van der Waals surface area contributed by atoms with Crippen molar-refractivity contribution in [2.24, 2.45) is 0 Å². The van der Waals surface area contributed by atoms with Crippen LogP contribution < -0.4 is 10.6 Å². The number of amides is 2. The average molecular weight is 390 g/mol. The lowest BCUT2D eigenvalue weighted by Crippen LogP contribution is -2.45. The van der Waals surface area contributed by atoms with Crippen molar-refractivity contribution >= 4 is 40.3 Å². The predicted molar refractivity (Wildman–Crippen MR) is 87.0 cm³/mol. The van der Waals surface area contributed by atoms with Gasteiger partial charge in [0, 0.05) is 21.2 Å². The van der Waals surface area contributed by atoms with Crippen LogP contribution in [-0.2, 0) is 4.79 Å². The highest BCUT2D eigenvalue weighted by Crippen LogP contribution is 2.17. The van der Waals surface area contributed by atoms with Crippen LogP contribution in [0.1, 0.15) is 32.3 Å². The second-order valence-electron chi connectivity index (χ2n) is 5.37. The Morgan fingerprint density at radius 2 is 1.95 bits per heavy atom. The number of hydrogen-bond donors (Lipinski definition) is 3. The van der Waals surface area contributed by atoms with Gasteiger partial charge in [-0.25, -0.2) is 4.79 Å². The van der Waals surface area contributed by atoms with E-state index in [0.29, 0.717) is 6.42 Å². The fraction of sp³-hybridized carbons (Fsp3) is 0.429. The van der Waals surface area contributed by atoms with Gasteiger partial charge in [-0.1, -0.05) is 0 Å². The van der Waals surface area contributed by atoms with E-state index in [1.165, 1.54) is 0 Å². The van der Waals surface area contributed by atoms with E-state index in [1.54, 1.807) is 13.8 Å². The molecule has 0 spiro atoms. The van der Waals surface area contributed by atoms with E-state index in [4.69, 9.17) is 5.11 Å². The predicted octanol–water partition coefficient (Wildman–Crippen LogP) is 3.36. The Hall–Kier alpha value is -1.31. The molecule has 1 rings (SSSR count). The van der Waals surface area contributed by atoms with Gasteiger partial charge in [-0.2, -0.15) is 0 Å². The number of carboxylic acid groups (broad SMARTS) is 1. The molecule has 0 radical (unpaired) electrons. The number of anilines is 1. The molecular formula is C14H19IN2O3. The van der Waals surface area contributed by atoms with E-state index in [2.05, 4.69) is 33.2 Å². The summed E-state index contributed by atoms with van der Waals surface area (Å²) in [5, 5.41) is 14.2. The number of carbonyl (C=O) groups excluding carboxylic acids is 1. The third kappa shape index (κ3) is 6.23. The number of halogens is 1. The molecule has 0 aromatic heterocycles. The van der Waals surface area contributed by atoms with Crippen molar-refractivity contribution in [2.45, 2.75) is 39.2 Å². The Morgan fingerprint density at radius 3 is 2.50 bits per heavy atom. The smallest absolute Gasteiger partial charge is 0.319 e. The summed E-state index contributed by atoms with van der Waals surface area (Å²) in [4.78, 5) is 22.5. The zero-order valence-corrected chi connectivity index (χ0v) is 13.9. The summed E-state index contributed by atoms with van der Waals surface area (Å²) in [6, 6.07) is 5.44. The number of benzene rings is 1. The number of hydrogen-bond acceptors (Lipinski definition) is 2. The highest BCUT2D eigenvalue weighted by molar-refractivity contribution is 14.1. The van der Waals surface area contributed by atoms with Crippen molar-refractivity contribution in [1.29, 1.82) is 0 Å². The molecule has 0 saturated heterocycles. The number of aliphatic carboxylic acids is 1.